The molecule has 130 valence electrons. The Labute approximate surface area is 142 Å². The number of sulfonamides is 1. The van der Waals surface area contributed by atoms with E-state index in [1.165, 1.54) is 31.3 Å². The number of aromatic nitrogens is 2. The Balaban J connectivity index is 1.90. The molecule has 1 amide bonds. The van der Waals surface area contributed by atoms with Gasteiger partial charge in [0.15, 0.2) is 0 Å². The first-order valence-electron chi connectivity index (χ1n) is 7.79. The zero-order valence-corrected chi connectivity index (χ0v) is 14.6. The normalized spacial score (nSPS) is 11.4. The third kappa shape index (κ3) is 4.42. The molecule has 0 fully saturated rings. The van der Waals surface area contributed by atoms with Crippen molar-refractivity contribution in [1.82, 2.24) is 19.6 Å². The van der Waals surface area contributed by atoms with E-state index in [1.807, 2.05) is 17.7 Å². The van der Waals surface area contributed by atoms with Crippen molar-refractivity contribution in [1.29, 1.82) is 0 Å². The van der Waals surface area contributed by atoms with E-state index in [1.54, 1.807) is 6.20 Å². The van der Waals surface area contributed by atoms with Crippen molar-refractivity contribution >= 4 is 15.9 Å². The zero-order chi connectivity index (χ0) is 17.6. The molecule has 0 aliphatic heterocycles. The monoisotopic (exact) mass is 350 g/mol. The number of benzene rings is 1. The molecular weight excluding hydrogens is 328 g/mol. The summed E-state index contributed by atoms with van der Waals surface area (Å²) < 4.78 is 29.1. The first-order chi connectivity index (χ1) is 11.5. The first kappa shape index (κ1) is 18.2. The summed E-state index contributed by atoms with van der Waals surface area (Å²) in [5, 5.41) is 2.49. The molecule has 2 N–H and O–H groups in total. The summed E-state index contributed by atoms with van der Waals surface area (Å²) in [6.45, 7) is 3.08. The second-order valence-corrected chi connectivity index (χ2v) is 7.01. The van der Waals surface area contributed by atoms with Crippen LogP contribution >= 0.6 is 0 Å². The fourth-order valence-electron chi connectivity index (χ4n) is 2.33. The second-order valence-electron chi connectivity index (χ2n) is 5.25. The average Bonchev–Trinajstić information content (AvgIpc) is 3.05. The van der Waals surface area contributed by atoms with Crippen LogP contribution in [0.2, 0.25) is 0 Å². The van der Waals surface area contributed by atoms with Gasteiger partial charge in [-0.25, -0.2) is 18.1 Å². The number of rotatable bonds is 8. The summed E-state index contributed by atoms with van der Waals surface area (Å²) in [5.74, 6) is 0.738. The lowest BCUT2D eigenvalue weighted by Crippen LogP contribution is -2.26. The highest BCUT2D eigenvalue weighted by molar-refractivity contribution is 7.89. The fraction of sp³-hybridized carbons (Fsp3) is 0.375. The summed E-state index contributed by atoms with van der Waals surface area (Å²) in [6, 6.07) is 5.84. The molecule has 0 aliphatic carbocycles. The van der Waals surface area contributed by atoms with Gasteiger partial charge in [-0.1, -0.05) is 6.92 Å². The van der Waals surface area contributed by atoms with Gasteiger partial charge < -0.3 is 9.88 Å². The summed E-state index contributed by atoms with van der Waals surface area (Å²) in [6.07, 6.45) is 5.15. The fourth-order valence-corrected chi connectivity index (χ4v) is 3.40. The summed E-state index contributed by atoms with van der Waals surface area (Å²) in [7, 11) is -2.05. The molecule has 0 radical (unpaired) electrons. The molecule has 0 unspecified atom stereocenters. The molecule has 0 spiro atoms. The molecule has 7 nitrogen and oxygen atoms in total. The van der Waals surface area contributed by atoms with Gasteiger partial charge in [-0.2, -0.15) is 0 Å². The van der Waals surface area contributed by atoms with E-state index in [-0.39, 0.29) is 10.8 Å². The summed E-state index contributed by atoms with van der Waals surface area (Å²) >= 11 is 0. The minimum absolute atomic E-state index is 0.145. The maximum absolute atomic E-state index is 12.2. The van der Waals surface area contributed by atoms with E-state index in [9.17, 15) is 13.2 Å². The maximum Gasteiger partial charge on any atom is 0.251 e. The third-order valence-electron chi connectivity index (χ3n) is 3.64. The number of amides is 1. The molecule has 0 saturated carbocycles. The number of nitrogens with zero attached hydrogens (tertiary/aromatic N) is 2. The van der Waals surface area contributed by atoms with Gasteiger partial charge in [-0.05, 0) is 30.7 Å². The lowest BCUT2D eigenvalue weighted by molar-refractivity contribution is 0.0963. The number of hydrogen-bond acceptors (Lipinski definition) is 4. The van der Waals surface area contributed by atoms with Crippen LogP contribution < -0.4 is 10.0 Å². The standard InChI is InChI=1S/C16H22N4O3S/c1-3-15-18-10-12-20(15)11-4-9-19-24(22,23)14-7-5-13(6-8-14)16(21)17-2/h5-8,10,12,19H,3-4,9,11H2,1-2H3,(H,17,21). The van der Waals surface area contributed by atoms with Crippen LogP contribution in [0.15, 0.2) is 41.6 Å². The predicted octanol–water partition coefficient (Wildman–Crippen LogP) is 1.17. The van der Waals surface area contributed by atoms with Gasteiger partial charge in [0.05, 0.1) is 4.90 Å². The number of nitrogens with one attached hydrogen (secondary N) is 2. The molecule has 0 saturated heterocycles. The Hall–Kier alpha value is -2.19. The highest BCUT2D eigenvalue weighted by Gasteiger charge is 2.14. The van der Waals surface area contributed by atoms with E-state index >= 15 is 0 Å². The molecule has 24 heavy (non-hydrogen) atoms. The Morgan fingerprint density at radius 2 is 1.96 bits per heavy atom. The largest absolute Gasteiger partial charge is 0.355 e. The minimum atomic E-state index is -3.57. The van der Waals surface area contributed by atoms with Gasteiger partial charge in [0.25, 0.3) is 5.91 Å². The second kappa shape index (κ2) is 8.07. The topological polar surface area (TPSA) is 93.1 Å². The highest BCUT2D eigenvalue weighted by Crippen LogP contribution is 2.10. The molecule has 0 bridgehead atoms. The molecule has 1 aromatic carbocycles. The van der Waals surface area contributed by atoms with Crippen LogP contribution in [0.25, 0.3) is 0 Å². The van der Waals surface area contributed by atoms with Crippen molar-refractivity contribution in [2.45, 2.75) is 31.2 Å². The highest BCUT2D eigenvalue weighted by atomic mass is 32.2. The van der Waals surface area contributed by atoms with Gasteiger partial charge >= 0.3 is 0 Å². The smallest absolute Gasteiger partial charge is 0.251 e. The van der Waals surface area contributed by atoms with E-state index < -0.39 is 10.0 Å². The molecule has 0 aliphatic rings. The molecule has 8 heteroatoms. The lowest BCUT2D eigenvalue weighted by Gasteiger charge is -2.09. The molecule has 1 heterocycles. The third-order valence-corrected chi connectivity index (χ3v) is 5.12. The number of hydrogen-bond donors (Lipinski definition) is 2. The number of imidazole rings is 1. The van der Waals surface area contributed by atoms with Crippen LogP contribution in [-0.2, 0) is 23.0 Å². The van der Waals surface area contributed by atoms with Crippen molar-refractivity contribution in [3.63, 3.8) is 0 Å². The van der Waals surface area contributed by atoms with Crippen molar-refractivity contribution in [2.75, 3.05) is 13.6 Å². The van der Waals surface area contributed by atoms with Crippen molar-refractivity contribution in [2.24, 2.45) is 0 Å². The van der Waals surface area contributed by atoms with E-state index in [0.29, 0.717) is 25.1 Å². The number of carbonyl (C=O) groups excluding carboxylic acids is 1. The van der Waals surface area contributed by atoms with Crippen LogP contribution in [0.5, 0.6) is 0 Å². The van der Waals surface area contributed by atoms with Crippen molar-refractivity contribution < 1.29 is 13.2 Å². The first-order valence-corrected chi connectivity index (χ1v) is 9.28. The quantitative estimate of drug-likeness (QED) is 0.699. The predicted molar refractivity (Wildman–Crippen MR) is 91.2 cm³/mol. The Kier molecular flexibility index (Phi) is 6.10. The van der Waals surface area contributed by atoms with E-state index in [0.717, 1.165) is 12.2 Å². The number of aryl methyl sites for hydroxylation is 2. The van der Waals surface area contributed by atoms with Crippen molar-refractivity contribution in [3.8, 4) is 0 Å². The van der Waals surface area contributed by atoms with Gasteiger partial charge in [-0.15, -0.1) is 0 Å². The van der Waals surface area contributed by atoms with Crippen molar-refractivity contribution in [3.05, 3.63) is 48.0 Å². The van der Waals surface area contributed by atoms with Gasteiger partial charge in [0, 0.05) is 44.5 Å². The van der Waals surface area contributed by atoms with Crippen LogP contribution in [0.1, 0.15) is 29.5 Å². The van der Waals surface area contributed by atoms with Crippen LogP contribution in [0.4, 0.5) is 0 Å². The lowest BCUT2D eigenvalue weighted by atomic mass is 10.2. The molecule has 0 atom stereocenters. The Morgan fingerprint density at radius 1 is 1.25 bits per heavy atom. The van der Waals surface area contributed by atoms with E-state index in [2.05, 4.69) is 15.0 Å². The molecule has 2 rings (SSSR count). The van der Waals surface area contributed by atoms with Gasteiger partial charge in [-0.3, -0.25) is 4.79 Å². The molecular formula is C16H22N4O3S. The summed E-state index contributed by atoms with van der Waals surface area (Å²) in [4.78, 5) is 15.8. The Bertz CT molecular complexity index is 782. The number of carbonyl (C=O) groups is 1. The SMILES string of the molecule is CCc1nccn1CCCNS(=O)(=O)c1ccc(C(=O)NC)cc1. The zero-order valence-electron chi connectivity index (χ0n) is 13.8. The van der Waals surface area contributed by atoms with E-state index in [4.69, 9.17) is 0 Å². The van der Waals surface area contributed by atoms with Gasteiger partial charge in [0.2, 0.25) is 10.0 Å². The minimum Gasteiger partial charge on any atom is -0.355 e. The van der Waals surface area contributed by atoms with Crippen LogP contribution in [0.3, 0.4) is 0 Å². The summed E-state index contributed by atoms with van der Waals surface area (Å²) in [5.41, 5.74) is 0.420. The maximum atomic E-state index is 12.2. The van der Waals surface area contributed by atoms with Crippen LogP contribution in [-0.4, -0.2) is 37.5 Å². The average molecular weight is 350 g/mol. The molecule has 1 aromatic heterocycles. The Morgan fingerprint density at radius 3 is 2.58 bits per heavy atom. The molecule has 2 aromatic rings. The van der Waals surface area contributed by atoms with Crippen LogP contribution in [0, 0.1) is 0 Å². The van der Waals surface area contributed by atoms with Gasteiger partial charge in [0.1, 0.15) is 5.82 Å².